The Labute approximate surface area is 94.7 Å². The van der Waals surface area contributed by atoms with Crippen molar-refractivity contribution >= 4 is 0 Å². The van der Waals surface area contributed by atoms with Crippen LogP contribution in [0.25, 0.3) is 0 Å². The minimum atomic E-state index is -0.124. The van der Waals surface area contributed by atoms with Crippen LogP contribution in [-0.4, -0.2) is 36.2 Å². The zero-order valence-corrected chi connectivity index (χ0v) is 10.6. The van der Waals surface area contributed by atoms with Crippen molar-refractivity contribution in [1.82, 2.24) is 4.90 Å². The van der Waals surface area contributed by atoms with Crippen LogP contribution in [0, 0.1) is 11.8 Å². The van der Waals surface area contributed by atoms with Gasteiger partial charge in [-0.05, 0) is 51.6 Å². The van der Waals surface area contributed by atoms with E-state index in [1.165, 1.54) is 38.8 Å². The topological polar surface area (TPSA) is 23.5 Å². The minimum Gasteiger partial charge on any atom is -0.393 e. The summed E-state index contributed by atoms with van der Waals surface area (Å²) in [4.78, 5) is 2.43. The number of rotatable bonds is 6. The first-order chi connectivity index (χ1) is 7.11. The lowest BCUT2D eigenvalue weighted by molar-refractivity contribution is 0.153. The molecule has 0 bridgehead atoms. The van der Waals surface area contributed by atoms with Crippen LogP contribution in [0.3, 0.4) is 0 Å². The maximum atomic E-state index is 9.38. The average Bonchev–Trinajstić information content (AvgIpc) is 2.58. The van der Waals surface area contributed by atoms with E-state index in [2.05, 4.69) is 18.9 Å². The molecule has 3 unspecified atom stereocenters. The molecule has 0 aromatic rings. The second-order valence-electron chi connectivity index (χ2n) is 5.35. The van der Waals surface area contributed by atoms with Crippen molar-refractivity contribution in [3.63, 3.8) is 0 Å². The predicted molar refractivity (Wildman–Crippen MR) is 64.9 cm³/mol. The van der Waals surface area contributed by atoms with Gasteiger partial charge in [0.2, 0.25) is 0 Å². The van der Waals surface area contributed by atoms with Gasteiger partial charge in [0.05, 0.1) is 6.10 Å². The number of hydrogen-bond acceptors (Lipinski definition) is 2. The smallest absolute Gasteiger partial charge is 0.0514 e. The quantitative estimate of drug-likeness (QED) is 0.733. The van der Waals surface area contributed by atoms with E-state index in [-0.39, 0.29) is 6.10 Å². The summed E-state index contributed by atoms with van der Waals surface area (Å²) in [5.74, 6) is 1.65. The van der Waals surface area contributed by atoms with Crippen molar-refractivity contribution in [1.29, 1.82) is 0 Å². The standard InChI is InChI=1S/C13H27NO/c1-4-12(9-11(2)15)5-6-13-7-8-14(3)10-13/h11-13,15H,4-10H2,1-3H3. The molecular weight excluding hydrogens is 186 g/mol. The van der Waals surface area contributed by atoms with Crippen LogP contribution < -0.4 is 0 Å². The van der Waals surface area contributed by atoms with E-state index in [4.69, 9.17) is 0 Å². The highest BCUT2D eigenvalue weighted by molar-refractivity contribution is 4.74. The third-order valence-electron chi connectivity index (χ3n) is 3.72. The molecule has 1 aliphatic heterocycles. The average molecular weight is 213 g/mol. The number of aliphatic hydroxyl groups is 1. The Morgan fingerprint density at radius 1 is 1.47 bits per heavy atom. The minimum absolute atomic E-state index is 0.124. The Bertz CT molecular complexity index is 170. The van der Waals surface area contributed by atoms with Crippen LogP contribution in [0.15, 0.2) is 0 Å². The summed E-state index contributed by atoms with van der Waals surface area (Å²) in [5.41, 5.74) is 0. The van der Waals surface area contributed by atoms with Gasteiger partial charge < -0.3 is 10.0 Å². The van der Waals surface area contributed by atoms with Gasteiger partial charge in [-0.1, -0.05) is 19.8 Å². The van der Waals surface area contributed by atoms with Crippen molar-refractivity contribution in [3.05, 3.63) is 0 Å². The second kappa shape index (κ2) is 6.49. The van der Waals surface area contributed by atoms with E-state index < -0.39 is 0 Å². The SMILES string of the molecule is CCC(CCC1CCN(C)C1)CC(C)O. The molecule has 0 radical (unpaired) electrons. The summed E-state index contributed by atoms with van der Waals surface area (Å²) in [6.45, 7) is 6.71. The number of likely N-dealkylation sites (tertiary alicyclic amines) is 1. The maximum absolute atomic E-state index is 9.38. The van der Waals surface area contributed by atoms with Crippen molar-refractivity contribution in [2.45, 2.75) is 52.1 Å². The summed E-state index contributed by atoms with van der Waals surface area (Å²) >= 11 is 0. The van der Waals surface area contributed by atoms with E-state index in [0.29, 0.717) is 0 Å². The molecule has 0 saturated carbocycles. The molecule has 1 heterocycles. The maximum Gasteiger partial charge on any atom is 0.0514 e. The van der Waals surface area contributed by atoms with Gasteiger partial charge in [0.15, 0.2) is 0 Å². The Balaban J connectivity index is 2.16. The van der Waals surface area contributed by atoms with Gasteiger partial charge in [0, 0.05) is 6.54 Å². The molecule has 1 N–H and O–H groups in total. The molecule has 2 nitrogen and oxygen atoms in total. The van der Waals surface area contributed by atoms with Crippen LogP contribution in [0.5, 0.6) is 0 Å². The molecule has 0 aliphatic carbocycles. The van der Waals surface area contributed by atoms with Crippen LogP contribution in [0.2, 0.25) is 0 Å². The Kier molecular flexibility index (Phi) is 5.62. The molecule has 0 aromatic heterocycles. The summed E-state index contributed by atoms with van der Waals surface area (Å²) in [6, 6.07) is 0. The first kappa shape index (κ1) is 13.0. The summed E-state index contributed by atoms with van der Waals surface area (Å²) < 4.78 is 0. The van der Waals surface area contributed by atoms with Gasteiger partial charge in [-0.15, -0.1) is 0 Å². The Morgan fingerprint density at radius 3 is 2.67 bits per heavy atom. The monoisotopic (exact) mass is 213 g/mol. The first-order valence-corrected chi connectivity index (χ1v) is 6.48. The van der Waals surface area contributed by atoms with E-state index in [1.54, 1.807) is 0 Å². The first-order valence-electron chi connectivity index (χ1n) is 6.48. The molecule has 1 rings (SSSR count). The highest BCUT2D eigenvalue weighted by Gasteiger charge is 2.20. The molecule has 0 aromatic carbocycles. The van der Waals surface area contributed by atoms with Crippen LogP contribution >= 0.6 is 0 Å². The Hall–Kier alpha value is -0.0800. The zero-order chi connectivity index (χ0) is 11.3. The van der Waals surface area contributed by atoms with Crippen LogP contribution in [0.1, 0.15) is 46.0 Å². The molecule has 1 fully saturated rings. The molecule has 0 spiro atoms. The van der Waals surface area contributed by atoms with Gasteiger partial charge in [-0.25, -0.2) is 0 Å². The fraction of sp³-hybridized carbons (Fsp3) is 1.00. The normalized spacial score (nSPS) is 26.8. The lowest BCUT2D eigenvalue weighted by Crippen LogP contribution is -2.15. The van der Waals surface area contributed by atoms with E-state index >= 15 is 0 Å². The van der Waals surface area contributed by atoms with Gasteiger partial charge in [-0.3, -0.25) is 0 Å². The fourth-order valence-electron chi connectivity index (χ4n) is 2.70. The molecule has 0 amide bonds. The van der Waals surface area contributed by atoms with Crippen molar-refractivity contribution in [2.24, 2.45) is 11.8 Å². The van der Waals surface area contributed by atoms with Crippen LogP contribution in [-0.2, 0) is 0 Å². The molecule has 2 heteroatoms. The van der Waals surface area contributed by atoms with Gasteiger partial charge in [0.1, 0.15) is 0 Å². The van der Waals surface area contributed by atoms with E-state index in [0.717, 1.165) is 18.3 Å². The van der Waals surface area contributed by atoms with E-state index in [1.807, 2.05) is 6.92 Å². The summed E-state index contributed by atoms with van der Waals surface area (Å²) in [6.07, 6.45) is 6.12. The molecule has 3 atom stereocenters. The largest absolute Gasteiger partial charge is 0.393 e. The molecular formula is C13H27NO. The molecule has 1 aliphatic rings. The second-order valence-corrected chi connectivity index (χ2v) is 5.35. The molecule has 90 valence electrons. The third-order valence-corrected chi connectivity index (χ3v) is 3.72. The number of aliphatic hydroxyl groups excluding tert-OH is 1. The lowest BCUT2D eigenvalue weighted by Gasteiger charge is -2.18. The van der Waals surface area contributed by atoms with Crippen molar-refractivity contribution in [2.75, 3.05) is 20.1 Å². The van der Waals surface area contributed by atoms with Gasteiger partial charge in [0.25, 0.3) is 0 Å². The highest BCUT2D eigenvalue weighted by Crippen LogP contribution is 2.25. The lowest BCUT2D eigenvalue weighted by atomic mass is 9.90. The summed E-state index contributed by atoms with van der Waals surface area (Å²) in [5, 5.41) is 9.38. The van der Waals surface area contributed by atoms with Gasteiger partial charge in [-0.2, -0.15) is 0 Å². The van der Waals surface area contributed by atoms with Crippen molar-refractivity contribution in [3.8, 4) is 0 Å². The molecule has 15 heavy (non-hydrogen) atoms. The van der Waals surface area contributed by atoms with E-state index in [9.17, 15) is 5.11 Å². The summed E-state index contributed by atoms with van der Waals surface area (Å²) in [7, 11) is 2.22. The number of nitrogens with zero attached hydrogens (tertiary/aromatic N) is 1. The number of hydrogen-bond donors (Lipinski definition) is 1. The third kappa shape index (κ3) is 4.98. The Morgan fingerprint density at radius 2 is 2.20 bits per heavy atom. The highest BCUT2D eigenvalue weighted by atomic mass is 16.3. The van der Waals surface area contributed by atoms with Crippen molar-refractivity contribution < 1.29 is 5.11 Å². The van der Waals surface area contributed by atoms with Gasteiger partial charge >= 0.3 is 0 Å². The molecule has 1 saturated heterocycles. The fourth-order valence-corrected chi connectivity index (χ4v) is 2.70. The van der Waals surface area contributed by atoms with Crippen LogP contribution in [0.4, 0.5) is 0 Å². The zero-order valence-electron chi connectivity index (χ0n) is 10.6. The predicted octanol–water partition coefficient (Wildman–Crippen LogP) is 2.52.